The van der Waals surface area contributed by atoms with Gasteiger partial charge in [0, 0.05) is 11.6 Å². The highest BCUT2D eigenvalue weighted by molar-refractivity contribution is 6.90. The maximum absolute atomic E-state index is 12.7. The molecule has 0 heterocycles. The van der Waals surface area contributed by atoms with Crippen LogP contribution in [-0.2, 0) is 30.7 Å². The minimum atomic E-state index is -2.90. The normalized spacial score (nSPS) is 15.0. The van der Waals surface area contributed by atoms with Gasteiger partial charge in [0.25, 0.3) is 0 Å². The van der Waals surface area contributed by atoms with Crippen LogP contribution in [0, 0.1) is 0 Å². The van der Waals surface area contributed by atoms with Crippen LogP contribution in [-0.4, -0.2) is 78.4 Å². The molecular formula is C26H64O7Si7. The summed E-state index contributed by atoms with van der Waals surface area (Å²) >= 11 is 0. The van der Waals surface area contributed by atoms with E-state index in [0.717, 1.165) is 18.9 Å². The maximum atomic E-state index is 12.7. The lowest BCUT2D eigenvalue weighted by Gasteiger charge is -2.42. The van der Waals surface area contributed by atoms with Gasteiger partial charge >= 0.3 is 14.8 Å². The Labute approximate surface area is 256 Å². The number of hydrogen-bond acceptors (Lipinski definition) is 7. The van der Waals surface area contributed by atoms with Gasteiger partial charge in [-0.3, -0.25) is 0 Å². The topological polar surface area (TPSA) is 72.5 Å². The molecule has 0 fully saturated rings. The van der Waals surface area contributed by atoms with Crippen molar-refractivity contribution >= 4 is 65.9 Å². The highest BCUT2D eigenvalue weighted by atomic mass is 28.5. The van der Waals surface area contributed by atoms with Gasteiger partial charge in [-0.2, -0.15) is 0 Å². The molecule has 14 heteroatoms. The summed E-state index contributed by atoms with van der Waals surface area (Å²) in [4.78, 5) is 12.7. The molecular weight excluding hydrogens is 621 g/mol. The van der Waals surface area contributed by atoms with Crippen LogP contribution in [0.3, 0.4) is 0 Å². The molecule has 0 rings (SSSR count). The van der Waals surface area contributed by atoms with Crippen LogP contribution >= 0.6 is 0 Å². The van der Waals surface area contributed by atoms with E-state index in [0.29, 0.717) is 24.6 Å². The van der Waals surface area contributed by atoms with E-state index >= 15 is 0 Å². The molecule has 0 aliphatic rings. The van der Waals surface area contributed by atoms with E-state index in [2.05, 4.69) is 98.2 Å². The van der Waals surface area contributed by atoms with Crippen LogP contribution in [0.15, 0.2) is 11.6 Å². The number of allylic oxidation sites excluding steroid dienone is 1. The van der Waals surface area contributed by atoms with Gasteiger partial charge in [0.05, 0.1) is 16.1 Å². The van der Waals surface area contributed by atoms with Crippen molar-refractivity contribution in [1.29, 1.82) is 0 Å². The Balaban J connectivity index is 4.95. The summed E-state index contributed by atoms with van der Waals surface area (Å²) in [5, 5.41) is 0. The Morgan fingerprint density at radius 3 is 1.48 bits per heavy atom. The van der Waals surface area contributed by atoms with Crippen molar-refractivity contribution in [3.8, 4) is 0 Å². The van der Waals surface area contributed by atoms with Crippen molar-refractivity contribution in [2.75, 3.05) is 6.61 Å². The zero-order valence-electron chi connectivity index (χ0n) is 29.0. The summed E-state index contributed by atoms with van der Waals surface area (Å²) in [7, 11) is -12.4. The lowest BCUT2D eigenvalue weighted by atomic mass is 10.2. The summed E-state index contributed by atoms with van der Waals surface area (Å²) in [5.41, 5.74) is 0.675. The molecule has 0 saturated carbocycles. The van der Waals surface area contributed by atoms with Crippen molar-refractivity contribution in [2.24, 2.45) is 0 Å². The van der Waals surface area contributed by atoms with E-state index in [4.69, 9.17) is 25.9 Å². The van der Waals surface area contributed by atoms with E-state index in [1.54, 1.807) is 0 Å². The van der Waals surface area contributed by atoms with E-state index in [1.807, 2.05) is 13.0 Å². The first-order chi connectivity index (χ1) is 17.7. The van der Waals surface area contributed by atoms with Gasteiger partial charge < -0.3 is 25.9 Å². The quantitative estimate of drug-likeness (QED) is 0.0428. The average Bonchev–Trinajstić information content (AvgIpc) is 2.63. The predicted molar refractivity (Wildman–Crippen MR) is 188 cm³/mol. The van der Waals surface area contributed by atoms with Gasteiger partial charge in [-0.05, 0) is 118 Å². The fourth-order valence-electron chi connectivity index (χ4n) is 3.97. The second-order valence-electron chi connectivity index (χ2n) is 15.6. The molecule has 0 radical (unpaired) electrons. The Kier molecular flexibility index (Phi) is 16.8. The first-order valence-corrected chi connectivity index (χ1v) is 35.8. The largest absolute Gasteiger partial charge is 0.469 e. The third kappa shape index (κ3) is 23.0. The molecule has 0 spiro atoms. The monoisotopic (exact) mass is 684 g/mol. The molecule has 0 aromatic rings. The van der Waals surface area contributed by atoms with Crippen molar-refractivity contribution < 1.29 is 30.7 Å². The van der Waals surface area contributed by atoms with Crippen LogP contribution in [0.5, 0.6) is 0 Å². The van der Waals surface area contributed by atoms with Gasteiger partial charge in [-0.1, -0.05) is 18.5 Å². The number of unbranched alkanes of at least 4 members (excludes halogenated alkanes) is 1. The molecule has 0 saturated heterocycles. The van der Waals surface area contributed by atoms with E-state index in [9.17, 15) is 4.79 Å². The van der Waals surface area contributed by atoms with Gasteiger partial charge in [0.2, 0.25) is 0 Å². The van der Waals surface area contributed by atoms with Gasteiger partial charge in [-0.25, -0.2) is 4.79 Å². The summed E-state index contributed by atoms with van der Waals surface area (Å²) < 4.78 is 38.5. The van der Waals surface area contributed by atoms with Gasteiger partial charge in [0.1, 0.15) is 5.91 Å². The SMILES string of the molecule is CC(=CCCC[SiH2]C(O[Si](C)(C)C)O[Si](C)(C)C)C(=O)OCCC[Si](O[Si](C)(C)C)(O[Si](C)(C)C)O[Si](C)(C)C. The second kappa shape index (κ2) is 16.6. The molecule has 0 aliphatic heterocycles. The Bertz CT molecular complexity index is 733. The highest BCUT2D eigenvalue weighted by Gasteiger charge is 2.49. The molecule has 0 aliphatic carbocycles. The average molecular weight is 685 g/mol. The molecule has 238 valence electrons. The zero-order chi connectivity index (χ0) is 31.6. The lowest BCUT2D eigenvalue weighted by Crippen LogP contribution is -2.60. The Hall–Kier alpha value is 0.528. The minimum Gasteiger partial charge on any atom is -0.462 e. The molecule has 0 aromatic carbocycles. The summed E-state index contributed by atoms with van der Waals surface area (Å²) in [6, 6.07) is 1.81. The lowest BCUT2D eigenvalue weighted by molar-refractivity contribution is -0.139. The van der Waals surface area contributed by atoms with Crippen molar-refractivity contribution in [3.63, 3.8) is 0 Å². The number of hydrogen-bond donors (Lipinski definition) is 0. The number of esters is 1. The predicted octanol–water partition coefficient (Wildman–Crippen LogP) is 7.71. The Morgan fingerprint density at radius 1 is 0.675 bits per heavy atom. The first-order valence-electron chi connectivity index (χ1n) is 15.0. The number of carbonyl (C=O) groups excluding carboxylic acids is 1. The number of carbonyl (C=O) groups is 1. The molecule has 0 atom stereocenters. The summed E-state index contributed by atoms with van der Waals surface area (Å²) in [5.74, 6) is -0.223. The van der Waals surface area contributed by atoms with E-state index in [-0.39, 0.29) is 11.9 Å². The smallest absolute Gasteiger partial charge is 0.462 e. The molecule has 0 aromatic heterocycles. The molecule has 0 bridgehead atoms. The second-order valence-corrected chi connectivity index (χ2v) is 43.5. The first kappa shape index (κ1) is 40.5. The third-order valence-electron chi connectivity index (χ3n) is 4.88. The third-order valence-corrected chi connectivity index (χ3v) is 21.2. The van der Waals surface area contributed by atoms with E-state index in [1.165, 1.54) is 0 Å². The minimum absolute atomic E-state index is 0.0174. The van der Waals surface area contributed by atoms with Gasteiger partial charge in [-0.15, -0.1) is 0 Å². The van der Waals surface area contributed by atoms with Crippen molar-refractivity contribution in [1.82, 2.24) is 0 Å². The number of rotatable bonds is 20. The van der Waals surface area contributed by atoms with Gasteiger partial charge in [0.15, 0.2) is 41.6 Å². The van der Waals surface area contributed by atoms with E-state index < -0.39 is 59.9 Å². The molecule has 0 N–H and O–H groups in total. The van der Waals surface area contributed by atoms with Crippen LogP contribution < -0.4 is 0 Å². The molecule has 7 nitrogen and oxygen atoms in total. The fraction of sp³-hybridized carbons (Fsp3) is 0.885. The maximum Gasteiger partial charge on any atom is 0.469 e. The highest BCUT2D eigenvalue weighted by Crippen LogP contribution is 2.30. The van der Waals surface area contributed by atoms with Crippen LogP contribution in [0.1, 0.15) is 26.2 Å². The Morgan fingerprint density at radius 2 is 1.10 bits per heavy atom. The molecule has 0 amide bonds. The standard InChI is InChI=1S/C26H64O7Si7/c1-24(20-17-18-22-34-26(29-35(2,3)4)30-36(5,6)7)25(27)28-21-19-23-40(31-37(8,9)10,32-38(11,12)13)33-39(14,15)16/h20,26H,17-19,21-23,34H2,1-16H3. The number of ether oxygens (including phenoxy) is 1. The summed E-state index contributed by atoms with van der Waals surface area (Å²) in [6.07, 6.45) is 4.60. The van der Waals surface area contributed by atoms with Crippen LogP contribution in [0.2, 0.25) is 110 Å². The van der Waals surface area contributed by atoms with Crippen molar-refractivity contribution in [3.05, 3.63) is 11.6 Å². The molecule has 40 heavy (non-hydrogen) atoms. The molecule has 0 unspecified atom stereocenters. The summed E-state index contributed by atoms with van der Waals surface area (Å²) in [6.45, 7) is 35.2. The zero-order valence-corrected chi connectivity index (χ0v) is 36.4. The fourth-order valence-corrected chi connectivity index (χ4v) is 25.2. The van der Waals surface area contributed by atoms with Crippen LogP contribution in [0.4, 0.5) is 0 Å². The van der Waals surface area contributed by atoms with Crippen molar-refractivity contribution in [2.45, 2.75) is 142 Å². The van der Waals surface area contributed by atoms with Crippen LogP contribution in [0.25, 0.3) is 0 Å².